The molecule has 3 aromatic rings. The van der Waals surface area contributed by atoms with Gasteiger partial charge in [0, 0.05) is 29.4 Å². The summed E-state index contributed by atoms with van der Waals surface area (Å²) in [6.45, 7) is 1.19. The normalized spacial score (nSPS) is 18.6. The maximum atomic E-state index is 13.2. The highest BCUT2D eigenvalue weighted by atomic mass is 32.2. The lowest BCUT2D eigenvalue weighted by Gasteiger charge is -2.33. The van der Waals surface area contributed by atoms with Gasteiger partial charge in [-0.2, -0.15) is 8.42 Å². The van der Waals surface area contributed by atoms with Crippen LogP contribution in [-0.2, 0) is 14.8 Å². The van der Waals surface area contributed by atoms with Gasteiger partial charge < -0.3 is 10.2 Å². The molecule has 0 bridgehead atoms. The molecule has 2 aromatic carbocycles. The van der Waals surface area contributed by atoms with E-state index < -0.39 is 10.0 Å². The van der Waals surface area contributed by atoms with Crippen molar-refractivity contribution in [3.63, 3.8) is 0 Å². The molecule has 1 atom stereocenters. The van der Waals surface area contributed by atoms with Crippen LogP contribution in [0.1, 0.15) is 34.9 Å². The predicted molar refractivity (Wildman–Crippen MR) is 125 cm³/mol. The zero-order chi connectivity index (χ0) is 22.1. The van der Waals surface area contributed by atoms with Crippen molar-refractivity contribution in [1.82, 2.24) is 10.2 Å². The van der Waals surface area contributed by atoms with E-state index in [0.717, 1.165) is 10.4 Å². The van der Waals surface area contributed by atoms with Gasteiger partial charge in [-0.05, 0) is 42.0 Å². The summed E-state index contributed by atoms with van der Waals surface area (Å²) in [5, 5.41) is 5.26. The molecule has 32 heavy (non-hydrogen) atoms. The van der Waals surface area contributed by atoms with Gasteiger partial charge >= 0.3 is 0 Å². The van der Waals surface area contributed by atoms with Crippen molar-refractivity contribution in [2.24, 2.45) is 10.3 Å². The van der Waals surface area contributed by atoms with Crippen LogP contribution in [0.4, 0.5) is 0 Å². The molecule has 6 nitrogen and oxygen atoms in total. The van der Waals surface area contributed by atoms with Gasteiger partial charge in [-0.25, -0.2) is 0 Å². The van der Waals surface area contributed by atoms with Crippen molar-refractivity contribution < 1.29 is 13.2 Å². The predicted octanol–water partition coefficient (Wildman–Crippen LogP) is 3.81. The summed E-state index contributed by atoms with van der Waals surface area (Å²) in [5.41, 5.74) is 1.71. The summed E-state index contributed by atoms with van der Waals surface area (Å²) in [6.07, 6.45) is 1.30. The molecule has 1 N–H and O–H groups in total. The molecule has 0 aliphatic carbocycles. The fourth-order valence-electron chi connectivity index (χ4n) is 4.35. The van der Waals surface area contributed by atoms with Gasteiger partial charge in [-0.15, -0.1) is 15.7 Å². The molecule has 3 heterocycles. The molecule has 164 valence electrons. The fourth-order valence-corrected chi connectivity index (χ4v) is 6.38. The van der Waals surface area contributed by atoms with E-state index in [9.17, 15) is 13.2 Å². The SMILES string of the molecule is O=C(N[C@H](c1ccccc1)c1cccs1)C1CCN(C2=NS(=O)(=O)c3ccccc32)CC1. The fraction of sp³-hybridized carbons (Fsp3) is 0.250. The second-order valence-corrected chi connectivity index (χ2v) is 10.6. The van der Waals surface area contributed by atoms with E-state index in [1.54, 1.807) is 29.5 Å². The summed E-state index contributed by atoms with van der Waals surface area (Å²) < 4.78 is 28.8. The number of nitrogens with zero attached hydrogens (tertiary/aromatic N) is 2. The van der Waals surface area contributed by atoms with Crippen molar-refractivity contribution in [3.8, 4) is 0 Å². The standard InChI is InChI=1S/C24H23N3O3S2/c28-24(25-22(20-10-6-16-31-20)17-7-2-1-3-8-17)18-12-14-27(15-13-18)23-19-9-4-5-11-21(19)32(29,30)26-23/h1-11,16,18,22H,12-15H2,(H,25,28)/t22-/m1/s1. The third kappa shape index (κ3) is 3.96. The number of carbonyl (C=O) groups is 1. The van der Waals surface area contributed by atoms with E-state index in [0.29, 0.717) is 37.3 Å². The van der Waals surface area contributed by atoms with Crippen LogP contribution in [0.2, 0.25) is 0 Å². The summed E-state index contributed by atoms with van der Waals surface area (Å²) >= 11 is 1.63. The Labute approximate surface area is 191 Å². The lowest BCUT2D eigenvalue weighted by atomic mass is 9.94. The molecule has 0 radical (unpaired) electrons. The molecule has 0 spiro atoms. The number of hydrogen-bond acceptors (Lipinski definition) is 5. The average molecular weight is 466 g/mol. The molecular formula is C24H23N3O3S2. The van der Waals surface area contributed by atoms with Crippen LogP contribution < -0.4 is 5.32 Å². The lowest BCUT2D eigenvalue weighted by molar-refractivity contribution is -0.126. The first-order valence-electron chi connectivity index (χ1n) is 10.6. The van der Waals surface area contributed by atoms with Crippen molar-refractivity contribution in [1.29, 1.82) is 0 Å². The lowest BCUT2D eigenvalue weighted by Crippen LogP contribution is -2.43. The zero-order valence-corrected chi connectivity index (χ0v) is 19.0. The van der Waals surface area contributed by atoms with Crippen LogP contribution in [-0.4, -0.2) is 38.2 Å². The Morgan fingerprint density at radius 3 is 2.44 bits per heavy atom. The number of fused-ring (bicyclic) bond motifs is 1. The van der Waals surface area contributed by atoms with E-state index in [-0.39, 0.29) is 22.8 Å². The van der Waals surface area contributed by atoms with Crippen LogP contribution >= 0.6 is 11.3 Å². The molecule has 2 aliphatic heterocycles. The molecule has 1 saturated heterocycles. The monoisotopic (exact) mass is 465 g/mol. The van der Waals surface area contributed by atoms with Gasteiger partial charge in [0.25, 0.3) is 10.0 Å². The van der Waals surface area contributed by atoms with Gasteiger partial charge in [0.2, 0.25) is 5.91 Å². The molecule has 8 heteroatoms. The highest BCUT2D eigenvalue weighted by Gasteiger charge is 2.35. The second-order valence-electron chi connectivity index (χ2n) is 8.02. The minimum Gasteiger partial charge on any atom is -0.355 e. The maximum Gasteiger partial charge on any atom is 0.285 e. The molecule has 1 fully saturated rings. The Bertz CT molecular complexity index is 1250. The first-order chi connectivity index (χ1) is 15.5. The third-order valence-corrected chi connectivity index (χ3v) is 8.29. The summed E-state index contributed by atoms with van der Waals surface area (Å²) in [6, 6.07) is 20.8. The van der Waals surface area contributed by atoms with Crippen molar-refractivity contribution in [2.75, 3.05) is 13.1 Å². The zero-order valence-electron chi connectivity index (χ0n) is 17.3. The first-order valence-corrected chi connectivity index (χ1v) is 12.9. The third-order valence-electron chi connectivity index (χ3n) is 6.03. The van der Waals surface area contributed by atoms with Crippen molar-refractivity contribution in [2.45, 2.75) is 23.8 Å². The van der Waals surface area contributed by atoms with Crippen LogP contribution in [0.15, 0.2) is 81.4 Å². The van der Waals surface area contributed by atoms with E-state index in [2.05, 4.69) is 9.71 Å². The van der Waals surface area contributed by atoms with Crippen molar-refractivity contribution >= 4 is 33.1 Å². The summed E-state index contributed by atoms with van der Waals surface area (Å²) in [7, 11) is -3.64. The summed E-state index contributed by atoms with van der Waals surface area (Å²) in [5.74, 6) is 0.416. The van der Waals surface area contributed by atoms with Crippen LogP contribution in [0.25, 0.3) is 0 Å². The minimum atomic E-state index is -3.64. The number of nitrogens with one attached hydrogen (secondary N) is 1. The first kappa shape index (κ1) is 20.9. The molecule has 1 amide bonds. The van der Waals surface area contributed by atoms with E-state index >= 15 is 0 Å². The number of carbonyl (C=O) groups excluding carboxylic acids is 1. The van der Waals surface area contributed by atoms with Gasteiger partial charge in [-0.1, -0.05) is 48.5 Å². The van der Waals surface area contributed by atoms with Gasteiger partial charge in [-0.3, -0.25) is 4.79 Å². The number of thiophene rings is 1. The maximum absolute atomic E-state index is 13.2. The average Bonchev–Trinajstić information content (AvgIpc) is 3.45. The summed E-state index contributed by atoms with van der Waals surface area (Å²) in [4.78, 5) is 16.5. The molecular weight excluding hydrogens is 442 g/mol. The molecule has 0 saturated carbocycles. The minimum absolute atomic E-state index is 0.0354. The van der Waals surface area contributed by atoms with Gasteiger partial charge in [0.1, 0.15) is 4.90 Å². The van der Waals surface area contributed by atoms with Crippen LogP contribution in [0, 0.1) is 5.92 Å². The molecule has 2 aliphatic rings. The topological polar surface area (TPSA) is 78.8 Å². The highest BCUT2D eigenvalue weighted by molar-refractivity contribution is 7.90. The number of benzene rings is 2. The molecule has 1 aromatic heterocycles. The molecule has 5 rings (SSSR count). The second kappa shape index (κ2) is 8.52. The van der Waals surface area contributed by atoms with Crippen LogP contribution in [0.5, 0.6) is 0 Å². The Balaban J connectivity index is 1.28. The number of rotatable bonds is 4. The number of likely N-dealkylation sites (tertiary alicyclic amines) is 1. The Morgan fingerprint density at radius 1 is 1.00 bits per heavy atom. The number of hydrogen-bond donors (Lipinski definition) is 1. The van der Waals surface area contributed by atoms with Crippen molar-refractivity contribution in [3.05, 3.63) is 88.1 Å². The number of piperidine rings is 1. The largest absolute Gasteiger partial charge is 0.355 e. The Morgan fingerprint density at radius 2 is 1.72 bits per heavy atom. The Hall–Kier alpha value is -2.97. The van der Waals surface area contributed by atoms with E-state index in [1.165, 1.54) is 0 Å². The smallest absolute Gasteiger partial charge is 0.285 e. The Kier molecular flexibility index (Phi) is 5.57. The van der Waals surface area contributed by atoms with Crippen LogP contribution in [0.3, 0.4) is 0 Å². The van der Waals surface area contributed by atoms with E-state index in [4.69, 9.17) is 0 Å². The number of sulfonamides is 1. The molecule has 0 unspecified atom stereocenters. The number of amides is 1. The van der Waals surface area contributed by atoms with Gasteiger partial charge in [0.05, 0.1) is 6.04 Å². The van der Waals surface area contributed by atoms with Gasteiger partial charge in [0.15, 0.2) is 5.84 Å². The van der Waals surface area contributed by atoms with E-state index in [1.807, 2.05) is 58.8 Å². The highest BCUT2D eigenvalue weighted by Crippen LogP contribution is 2.31. The number of amidine groups is 1. The quantitative estimate of drug-likeness (QED) is 0.635.